The molecule has 1 aromatic rings. The predicted octanol–water partition coefficient (Wildman–Crippen LogP) is 2.64. The van der Waals surface area contributed by atoms with Gasteiger partial charge in [-0.15, -0.1) is 0 Å². The SMILES string of the molecule is COc1ccccc1S(=O)NC1CCCCC1. The Morgan fingerprint density at radius 3 is 2.65 bits per heavy atom. The van der Waals surface area contributed by atoms with Gasteiger partial charge in [0.05, 0.1) is 12.0 Å². The zero-order chi connectivity index (χ0) is 12.1. The first kappa shape index (κ1) is 12.6. The zero-order valence-corrected chi connectivity index (χ0v) is 11.0. The van der Waals surface area contributed by atoms with E-state index in [0.29, 0.717) is 11.8 Å². The summed E-state index contributed by atoms with van der Waals surface area (Å²) in [5.41, 5.74) is 0. The van der Waals surface area contributed by atoms with E-state index in [2.05, 4.69) is 4.72 Å². The number of rotatable bonds is 4. The summed E-state index contributed by atoms with van der Waals surface area (Å²) in [6.45, 7) is 0. The molecule has 2 rings (SSSR count). The molecule has 1 aliphatic carbocycles. The number of para-hydroxylation sites is 1. The van der Waals surface area contributed by atoms with Crippen molar-refractivity contribution in [3.8, 4) is 5.75 Å². The van der Waals surface area contributed by atoms with E-state index in [0.717, 1.165) is 17.7 Å². The van der Waals surface area contributed by atoms with Crippen molar-refractivity contribution in [3.05, 3.63) is 24.3 Å². The van der Waals surface area contributed by atoms with Gasteiger partial charge in [-0.05, 0) is 25.0 Å². The fraction of sp³-hybridized carbons (Fsp3) is 0.538. The molecule has 94 valence electrons. The Labute approximate surface area is 105 Å². The van der Waals surface area contributed by atoms with Gasteiger partial charge in [0, 0.05) is 6.04 Å². The minimum atomic E-state index is -1.17. The van der Waals surface area contributed by atoms with Crippen molar-refractivity contribution in [1.29, 1.82) is 0 Å². The van der Waals surface area contributed by atoms with E-state index >= 15 is 0 Å². The number of benzene rings is 1. The van der Waals surface area contributed by atoms with Crippen LogP contribution in [0.2, 0.25) is 0 Å². The first-order valence-electron chi connectivity index (χ1n) is 6.12. The molecule has 1 fully saturated rings. The third kappa shape index (κ3) is 3.30. The monoisotopic (exact) mass is 253 g/mol. The summed E-state index contributed by atoms with van der Waals surface area (Å²) in [6.07, 6.45) is 6.03. The lowest BCUT2D eigenvalue weighted by Crippen LogP contribution is -2.32. The van der Waals surface area contributed by atoms with E-state index < -0.39 is 11.0 Å². The number of ether oxygens (including phenoxy) is 1. The van der Waals surface area contributed by atoms with Gasteiger partial charge in [0.1, 0.15) is 16.7 Å². The molecule has 0 heterocycles. The molecule has 1 atom stereocenters. The average Bonchev–Trinajstić information content (AvgIpc) is 2.40. The minimum Gasteiger partial charge on any atom is -0.495 e. The van der Waals surface area contributed by atoms with Gasteiger partial charge in [-0.3, -0.25) is 0 Å². The highest BCUT2D eigenvalue weighted by Gasteiger charge is 2.17. The molecular weight excluding hydrogens is 234 g/mol. The number of hydrogen-bond donors (Lipinski definition) is 1. The van der Waals surface area contributed by atoms with Crippen LogP contribution in [0.1, 0.15) is 32.1 Å². The molecule has 17 heavy (non-hydrogen) atoms. The van der Waals surface area contributed by atoms with E-state index in [9.17, 15) is 4.21 Å². The van der Waals surface area contributed by atoms with Gasteiger partial charge in [-0.2, -0.15) is 0 Å². The average molecular weight is 253 g/mol. The molecule has 4 heteroatoms. The molecule has 0 bridgehead atoms. The summed E-state index contributed by atoms with van der Waals surface area (Å²) >= 11 is 0. The van der Waals surface area contributed by atoms with E-state index in [-0.39, 0.29) is 0 Å². The standard InChI is InChI=1S/C13H19NO2S/c1-16-12-9-5-6-10-13(12)17(15)14-11-7-3-2-4-8-11/h5-6,9-11,14H,2-4,7-8H2,1H3. The second kappa shape index (κ2) is 6.17. The van der Waals surface area contributed by atoms with Crippen molar-refractivity contribution in [2.75, 3.05) is 7.11 Å². The Morgan fingerprint density at radius 1 is 1.24 bits per heavy atom. The van der Waals surface area contributed by atoms with Gasteiger partial charge in [-0.25, -0.2) is 8.93 Å². The fourth-order valence-corrected chi connectivity index (χ4v) is 3.41. The molecule has 1 aliphatic rings. The molecule has 0 amide bonds. The Kier molecular flexibility index (Phi) is 4.57. The summed E-state index contributed by atoms with van der Waals surface area (Å²) in [5, 5.41) is 0. The summed E-state index contributed by atoms with van der Waals surface area (Å²) in [6, 6.07) is 7.86. The fourth-order valence-electron chi connectivity index (χ4n) is 2.21. The second-order valence-electron chi connectivity index (χ2n) is 4.37. The molecule has 0 aromatic heterocycles. The van der Waals surface area contributed by atoms with Crippen molar-refractivity contribution < 1.29 is 8.95 Å². The maximum atomic E-state index is 12.2. The Hall–Kier alpha value is -0.870. The van der Waals surface area contributed by atoms with Crippen LogP contribution < -0.4 is 9.46 Å². The van der Waals surface area contributed by atoms with Crippen LogP contribution in [-0.2, 0) is 11.0 Å². The topological polar surface area (TPSA) is 38.3 Å². The molecule has 1 N–H and O–H groups in total. The minimum absolute atomic E-state index is 0.384. The lowest BCUT2D eigenvalue weighted by Gasteiger charge is -2.22. The summed E-state index contributed by atoms with van der Waals surface area (Å²) in [7, 11) is 0.440. The van der Waals surface area contributed by atoms with Crippen LogP contribution >= 0.6 is 0 Å². The largest absolute Gasteiger partial charge is 0.495 e. The van der Waals surface area contributed by atoms with Crippen molar-refractivity contribution in [1.82, 2.24) is 4.72 Å². The number of nitrogens with one attached hydrogen (secondary N) is 1. The van der Waals surface area contributed by atoms with Gasteiger partial charge < -0.3 is 4.74 Å². The van der Waals surface area contributed by atoms with Gasteiger partial charge >= 0.3 is 0 Å². The van der Waals surface area contributed by atoms with Gasteiger partial charge in [-0.1, -0.05) is 31.4 Å². The molecule has 1 unspecified atom stereocenters. The van der Waals surface area contributed by atoms with Crippen LogP contribution in [-0.4, -0.2) is 17.4 Å². The normalized spacial score (nSPS) is 18.9. The van der Waals surface area contributed by atoms with Crippen molar-refractivity contribution in [2.45, 2.75) is 43.0 Å². The second-order valence-corrected chi connectivity index (χ2v) is 5.59. The van der Waals surface area contributed by atoms with E-state index in [1.807, 2.05) is 24.3 Å². The van der Waals surface area contributed by atoms with Gasteiger partial charge in [0.25, 0.3) is 0 Å². The molecule has 3 nitrogen and oxygen atoms in total. The quantitative estimate of drug-likeness (QED) is 0.896. The van der Waals surface area contributed by atoms with Crippen molar-refractivity contribution >= 4 is 11.0 Å². The lowest BCUT2D eigenvalue weighted by atomic mass is 9.96. The Balaban J connectivity index is 2.03. The highest BCUT2D eigenvalue weighted by atomic mass is 32.2. The highest BCUT2D eigenvalue weighted by molar-refractivity contribution is 7.83. The van der Waals surface area contributed by atoms with Crippen LogP contribution in [0, 0.1) is 0 Å². The number of hydrogen-bond acceptors (Lipinski definition) is 2. The third-order valence-corrected chi connectivity index (χ3v) is 4.43. The molecule has 1 aromatic carbocycles. The van der Waals surface area contributed by atoms with Gasteiger partial charge in [0.15, 0.2) is 0 Å². The van der Waals surface area contributed by atoms with Crippen molar-refractivity contribution in [3.63, 3.8) is 0 Å². The lowest BCUT2D eigenvalue weighted by molar-refractivity contribution is 0.401. The maximum Gasteiger partial charge on any atom is 0.136 e. The first-order chi connectivity index (χ1) is 8.31. The molecular formula is C13H19NO2S. The summed E-state index contributed by atoms with van der Waals surface area (Å²) < 4.78 is 20.6. The third-order valence-electron chi connectivity index (χ3n) is 3.15. The molecule has 0 radical (unpaired) electrons. The van der Waals surface area contributed by atoms with E-state index in [4.69, 9.17) is 4.74 Å². The first-order valence-corrected chi connectivity index (χ1v) is 7.27. The summed E-state index contributed by atoms with van der Waals surface area (Å²) in [5.74, 6) is 0.689. The zero-order valence-electron chi connectivity index (χ0n) is 10.1. The summed E-state index contributed by atoms with van der Waals surface area (Å²) in [4.78, 5) is 0.737. The molecule has 0 saturated heterocycles. The van der Waals surface area contributed by atoms with E-state index in [1.165, 1.54) is 19.3 Å². The van der Waals surface area contributed by atoms with Crippen LogP contribution in [0.15, 0.2) is 29.2 Å². The number of methoxy groups -OCH3 is 1. The Bertz CT molecular complexity index is 389. The van der Waals surface area contributed by atoms with Crippen LogP contribution in [0.25, 0.3) is 0 Å². The van der Waals surface area contributed by atoms with E-state index in [1.54, 1.807) is 7.11 Å². The highest BCUT2D eigenvalue weighted by Crippen LogP contribution is 2.23. The van der Waals surface area contributed by atoms with Crippen molar-refractivity contribution in [2.24, 2.45) is 0 Å². The van der Waals surface area contributed by atoms with Crippen LogP contribution in [0.4, 0.5) is 0 Å². The molecule has 0 aliphatic heterocycles. The smallest absolute Gasteiger partial charge is 0.136 e. The van der Waals surface area contributed by atoms with Crippen LogP contribution in [0.5, 0.6) is 5.75 Å². The van der Waals surface area contributed by atoms with Crippen LogP contribution in [0.3, 0.4) is 0 Å². The van der Waals surface area contributed by atoms with Gasteiger partial charge in [0.2, 0.25) is 0 Å². The molecule has 1 saturated carbocycles. The Morgan fingerprint density at radius 2 is 1.94 bits per heavy atom. The molecule has 0 spiro atoms. The predicted molar refractivity (Wildman–Crippen MR) is 69.4 cm³/mol. The maximum absolute atomic E-state index is 12.2.